The zero-order valence-electron chi connectivity index (χ0n) is 14.7. The highest BCUT2D eigenvalue weighted by Gasteiger charge is 2.28. The van der Waals surface area contributed by atoms with Crippen LogP contribution >= 0.6 is 0 Å². The third kappa shape index (κ3) is 2.87. The van der Waals surface area contributed by atoms with Crippen LogP contribution in [0, 0.1) is 0 Å². The maximum absolute atomic E-state index is 12.9. The molecule has 0 spiro atoms. The number of aromatic nitrogens is 1. The molecule has 6 nitrogen and oxygen atoms in total. The van der Waals surface area contributed by atoms with E-state index in [1.54, 1.807) is 19.1 Å². The lowest BCUT2D eigenvalue weighted by Crippen LogP contribution is -2.50. The number of anilines is 1. The van der Waals surface area contributed by atoms with Gasteiger partial charge in [-0.2, -0.15) is 0 Å². The number of piperazine rings is 1. The Morgan fingerprint density at radius 1 is 0.962 bits per heavy atom. The van der Waals surface area contributed by atoms with Gasteiger partial charge in [0.25, 0.3) is 0 Å². The molecule has 2 aromatic carbocycles. The van der Waals surface area contributed by atoms with Crippen LogP contribution in [0.1, 0.15) is 13.0 Å². The Kier molecular flexibility index (Phi) is 4.24. The molecule has 1 atom stereocenters. The SMILES string of the molecule is CC(C(=O)N1CCN(c2ccccc2)CC1)n1c(=O)oc2ccccc21. The average Bonchev–Trinajstić information content (AvgIpc) is 3.03. The topological polar surface area (TPSA) is 58.7 Å². The summed E-state index contributed by atoms with van der Waals surface area (Å²) in [6, 6.07) is 16.8. The molecule has 1 saturated heterocycles. The highest BCUT2D eigenvalue weighted by molar-refractivity contribution is 5.83. The van der Waals surface area contributed by atoms with Crippen molar-refractivity contribution in [3.8, 4) is 0 Å². The second-order valence-electron chi connectivity index (χ2n) is 6.53. The second-order valence-corrected chi connectivity index (χ2v) is 6.53. The molecule has 1 fully saturated rings. The van der Waals surface area contributed by atoms with Gasteiger partial charge in [-0.1, -0.05) is 30.3 Å². The number of rotatable bonds is 3. The van der Waals surface area contributed by atoms with Crippen molar-refractivity contribution in [2.24, 2.45) is 0 Å². The molecule has 1 aromatic heterocycles. The van der Waals surface area contributed by atoms with Crippen molar-refractivity contribution >= 4 is 22.7 Å². The van der Waals surface area contributed by atoms with E-state index in [0.717, 1.165) is 13.1 Å². The number of hydrogen-bond acceptors (Lipinski definition) is 4. The van der Waals surface area contributed by atoms with Gasteiger partial charge in [-0.05, 0) is 31.2 Å². The van der Waals surface area contributed by atoms with Crippen molar-refractivity contribution in [1.82, 2.24) is 9.47 Å². The van der Waals surface area contributed by atoms with Crippen LogP contribution in [0.15, 0.2) is 63.8 Å². The van der Waals surface area contributed by atoms with Crippen LogP contribution in [0.5, 0.6) is 0 Å². The third-order valence-corrected chi connectivity index (χ3v) is 4.98. The molecule has 1 aliphatic rings. The Labute approximate surface area is 151 Å². The van der Waals surface area contributed by atoms with Gasteiger partial charge in [-0.15, -0.1) is 0 Å². The van der Waals surface area contributed by atoms with E-state index in [2.05, 4.69) is 17.0 Å². The number of amides is 1. The summed E-state index contributed by atoms with van der Waals surface area (Å²) in [5, 5.41) is 0. The first kappa shape index (κ1) is 16.4. The number of para-hydroxylation sites is 3. The van der Waals surface area contributed by atoms with Gasteiger partial charge in [0.15, 0.2) is 5.58 Å². The number of oxazole rings is 1. The number of hydrogen-bond donors (Lipinski definition) is 0. The van der Waals surface area contributed by atoms with Gasteiger partial charge in [0.2, 0.25) is 5.91 Å². The summed E-state index contributed by atoms with van der Waals surface area (Å²) in [7, 11) is 0. The fourth-order valence-electron chi connectivity index (χ4n) is 3.55. The Morgan fingerprint density at radius 3 is 2.35 bits per heavy atom. The normalized spacial score (nSPS) is 16.0. The minimum atomic E-state index is -0.588. The molecule has 0 bridgehead atoms. The molecule has 1 amide bonds. The summed E-state index contributed by atoms with van der Waals surface area (Å²) < 4.78 is 6.71. The van der Waals surface area contributed by atoms with E-state index >= 15 is 0 Å². The molecule has 0 saturated carbocycles. The third-order valence-electron chi connectivity index (χ3n) is 4.98. The van der Waals surface area contributed by atoms with Gasteiger partial charge < -0.3 is 14.2 Å². The molecule has 1 aliphatic heterocycles. The number of benzene rings is 2. The standard InChI is InChI=1S/C20H21N3O3/c1-15(23-17-9-5-6-10-18(17)26-20(23)25)19(24)22-13-11-21(12-14-22)16-7-3-2-4-8-16/h2-10,15H,11-14H2,1H3. The maximum Gasteiger partial charge on any atom is 0.420 e. The molecule has 0 N–H and O–H groups in total. The van der Waals surface area contributed by atoms with Gasteiger partial charge in [-0.3, -0.25) is 9.36 Å². The van der Waals surface area contributed by atoms with Crippen molar-refractivity contribution in [3.63, 3.8) is 0 Å². The van der Waals surface area contributed by atoms with Crippen LogP contribution in [-0.2, 0) is 4.79 Å². The first-order valence-corrected chi connectivity index (χ1v) is 8.84. The fraction of sp³-hybridized carbons (Fsp3) is 0.300. The Balaban J connectivity index is 1.50. The fourth-order valence-corrected chi connectivity index (χ4v) is 3.55. The van der Waals surface area contributed by atoms with Crippen LogP contribution < -0.4 is 10.7 Å². The first-order chi connectivity index (χ1) is 12.6. The van der Waals surface area contributed by atoms with Crippen LogP contribution in [-0.4, -0.2) is 41.6 Å². The lowest BCUT2D eigenvalue weighted by molar-refractivity contribution is -0.134. The van der Waals surface area contributed by atoms with Crippen LogP contribution in [0.25, 0.3) is 11.1 Å². The van der Waals surface area contributed by atoms with E-state index in [1.807, 2.05) is 35.2 Å². The molecule has 3 aromatic rings. The molecule has 26 heavy (non-hydrogen) atoms. The smallest absolute Gasteiger partial charge is 0.408 e. The van der Waals surface area contributed by atoms with Crippen LogP contribution in [0.2, 0.25) is 0 Å². The second kappa shape index (κ2) is 6.71. The molecule has 2 heterocycles. The van der Waals surface area contributed by atoms with Gasteiger partial charge in [0.05, 0.1) is 5.52 Å². The number of carbonyl (C=O) groups is 1. The molecule has 134 valence electrons. The molecule has 6 heteroatoms. The highest BCUT2D eigenvalue weighted by atomic mass is 16.4. The summed E-state index contributed by atoms with van der Waals surface area (Å²) >= 11 is 0. The summed E-state index contributed by atoms with van der Waals surface area (Å²) in [4.78, 5) is 29.3. The van der Waals surface area contributed by atoms with E-state index in [9.17, 15) is 9.59 Å². The number of nitrogens with zero attached hydrogens (tertiary/aromatic N) is 3. The average molecular weight is 351 g/mol. The van der Waals surface area contributed by atoms with Gasteiger partial charge in [0.1, 0.15) is 6.04 Å². The van der Waals surface area contributed by atoms with E-state index < -0.39 is 11.8 Å². The molecular weight excluding hydrogens is 330 g/mol. The van der Waals surface area contributed by atoms with Crippen molar-refractivity contribution in [2.75, 3.05) is 31.1 Å². The number of carbonyl (C=O) groups excluding carboxylic acids is 1. The lowest BCUT2D eigenvalue weighted by atomic mass is 10.2. The van der Waals surface area contributed by atoms with Crippen molar-refractivity contribution in [2.45, 2.75) is 13.0 Å². The zero-order chi connectivity index (χ0) is 18.1. The number of fused-ring (bicyclic) bond motifs is 1. The predicted octanol–water partition coefficient (Wildman–Crippen LogP) is 2.50. The first-order valence-electron chi connectivity index (χ1n) is 8.84. The Morgan fingerprint density at radius 2 is 1.62 bits per heavy atom. The monoisotopic (exact) mass is 351 g/mol. The van der Waals surface area contributed by atoms with E-state index in [0.29, 0.717) is 24.2 Å². The molecule has 0 radical (unpaired) electrons. The van der Waals surface area contributed by atoms with E-state index in [-0.39, 0.29) is 5.91 Å². The summed E-state index contributed by atoms with van der Waals surface area (Å²) in [5.74, 6) is -0.540. The molecular formula is C20H21N3O3. The minimum absolute atomic E-state index is 0.0497. The molecule has 1 unspecified atom stereocenters. The minimum Gasteiger partial charge on any atom is -0.408 e. The van der Waals surface area contributed by atoms with Crippen LogP contribution in [0.3, 0.4) is 0 Å². The van der Waals surface area contributed by atoms with Gasteiger partial charge >= 0.3 is 5.76 Å². The molecule has 4 rings (SSSR count). The quantitative estimate of drug-likeness (QED) is 0.727. The Bertz CT molecular complexity index is 969. The van der Waals surface area contributed by atoms with E-state index in [4.69, 9.17) is 4.42 Å². The predicted molar refractivity (Wildman–Crippen MR) is 100 cm³/mol. The van der Waals surface area contributed by atoms with Crippen molar-refractivity contribution < 1.29 is 9.21 Å². The Hall–Kier alpha value is -3.02. The highest BCUT2D eigenvalue weighted by Crippen LogP contribution is 2.20. The maximum atomic E-state index is 12.9. The van der Waals surface area contributed by atoms with Crippen molar-refractivity contribution in [1.29, 1.82) is 0 Å². The summed E-state index contributed by atoms with van der Waals surface area (Å²) in [6.45, 7) is 4.60. The lowest BCUT2D eigenvalue weighted by Gasteiger charge is -2.37. The van der Waals surface area contributed by atoms with E-state index in [1.165, 1.54) is 10.3 Å². The largest absolute Gasteiger partial charge is 0.420 e. The molecule has 0 aliphatic carbocycles. The summed E-state index contributed by atoms with van der Waals surface area (Å²) in [6.07, 6.45) is 0. The van der Waals surface area contributed by atoms with Crippen LogP contribution in [0.4, 0.5) is 5.69 Å². The van der Waals surface area contributed by atoms with Gasteiger partial charge in [-0.25, -0.2) is 4.79 Å². The zero-order valence-corrected chi connectivity index (χ0v) is 14.7. The van der Waals surface area contributed by atoms with Crippen molar-refractivity contribution in [3.05, 3.63) is 65.1 Å². The van der Waals surface area contributed by atoms with Gasteiger partial charge in [0, 0.05) is 31.9 Å². The summed E-state index contributed by atoms with van der Waals surface area (Å²) in [5.41, 5.74) is 2.33.